The van der Waals surface area contributed by atoms with Gasteiger partial charge in [-0.1, -0.05) is 41.9 Å². The molecular formula is C37H39ClN4O7S. The van der Waals surface area contributed by atoms with Gasteiger partial charge < -0.3 is 25.0 Å². The Kier molecular flexibility index (Phi) is 10.7. The van der Waals surface area contributed by atoms with Crippen molar-refractivity contribution < 1.29 is 32.3 Å². The number of methoxy groups -OCH3 is 1. The van der Waals surface area contributed by atoms with Crippen LogP contribution in [0, 0.1) is 0 Å². The Bertz CT molecular complexity index is 2040. The van der Waals surface area contributed by atoms with Crippen molar-refractivity contribution in [1.82, 2.24) is 10.2 Å². The van der Waals surface area contributed by atoms with Gasteiger partial charge in [-0.2, -0.15) is 0 Å². The van der Waals surface area contributed by atoms with Gasteiger partial charge in [-0.25, -0.2) is 17.5 Å². The van der Waals surface area contributed by atoms with Crippen LogP contribution in [0.4, 0.5) is 16.2 Å². The summed E-state index contributed by atoms with van der Waals surface area (Å²) in [5.41, 5.74) is 0.451. The molecule has 5 rings (SSSR count). The highest BCUT2D eigenvalue weighted by Crippen LogP contribution is 2.51. The maximum atomic E-state index is 14.7. The molecule has 0 aromatic heterocycles. The lowest BCUT2D eigenvalue weighted by molar-refractivity contribution is -0.120. The van der Waals surface area contributed by atoms with E-state index in [1.807, 2.05) is 51.1 Å². The van der Waals surface area contributed by atoms with Gasteiger partial charge in [-0.15, -0.1) is 0 Å². The zero-order valence-electron chi connectivity index (χ0n) is 28.4. The highest BCUT2D eigenvalue weighted by molar-refractivity contribution is 7.93. The SMILES string of the molecule is CCOc1ccc2c(c1)C(C)(c1cc(C(=O)NCc3ccccc3)ccc1Cl)C(=O)N2S(=O)(=O)c1ccc(NC(=O)N(CC)CC)cc1OC. The first-order chi connectivity index (χ1) is 23.9. The van der Waals surface area contributed by atoms with E-state index in [9.17, 15) is 22.8 Å². The normalized spacial score (nSPS) is 15.3. The fourth-order valence-electron chi connectivity index (χ4n) is 5.98. The van der Waals surface area contributed by atoms with Crippen molar-refractivity contribution in [3.8, 4) is 11.5 Å². The van der Waals surface area contributed by atoms with Gasteiger partial charge in [0.05, 0.1) is 19.4 Å². The van der Waals surface area contributed by atoms with Crippen LogP contribution in [0.2, 0.25) is 5.02 Å². The molecule has 1 aliphatic rings. The Labute approximate surface area is 297 Å². The molecule has 0 fully saturated rings. The van der Waals surface area contributed by atoms with Gasteiger partial charge in [0, 0.05) is 47.5 Å². The van der Waals surface area contributed by atoms with Crippen LogP contribution in [0.3, 0.4) is 0 Å². The number of carbonyl (C=O) groups is 3. The fourth-order valence-corrected chi connectivity index (χ4v) is 7.93. The van der Waals surface area contributed by atoms with E-state index in [-0.39, 0.29) is 45.1 Å². The Balaban J connectivity index is 1.58. The molecule has 11 nitrogen and oxygen atoms in total. The van der Waals surface area contributed by atoms with Gasteiger partial charge in [0.15, 0.2) is 0 Å². The number of nitrogens with one attached hydrogen (secondary N) is 2. The minimum atomic E-state index is -4.63. The third-order valence-corrected chi connectivity index (χ3v) is 10.8. The Morgan fingerprint density at radius 2 is 1.64 bits per heavy atom. The fraction of sp³-hybridized carbons (Fsp3) is 0.270. The van der Waals surface area contributed by atoms with Crippen molar-refractivity contribution in [1.29, 1.82) is 0 Å². The average Bonchev–Trinajstić information content (AvgIpc) is 3.34. The second kappa shape index (κ2) is 14.8. The molecule has 50 heavy (non-hydrogen) atoms. The van der Waals surface area contributed by atoms with E-state index >= 15 is 0 Å². The molecule has 0 spiro atoms. The van der Waals surface area contributed by atoms with Crippen molar-refractivity contribution in [2.75, 3.05) is 36.4 Å². The summed E-state index contributed by atoms with van der Waals surface area (Å²) in [5.74, 6) is -0.869. The molecule has 13 heteroatoms. The molecule has 0 bridgehead atoms. The monoisotopic (exact) mass is 718 g/mol. The summed E-state index contributed by atoms with van der Waals surface area (Å²) >= 11 is 6.76. The maximum Gasteiger partial charge on any atom is 0.321 e. The maximum absolute atomic E-state index is 14.7. The van der Waals surface area contributed by atoms with Crippen LogP contribution >= 0.6 is 11.6 Å². The summed E-state index contributed by atoms with van der Waals surface area (Å²) in [6.07, 6.45) is 0. The number of benzene rings is 4. The lowest BCUT2D eigenvalue weighted by Gasteiger charge is -2.27. The highest BCUT2D eigenvalue weighted by atomic mass is 35.5. The molecule has 0 saturated carbocycles. The number of halogens is 1. The van der Waals surface area contributed by atoms with Crippen LogP contribution in [-0.4, -0.2) is 58.0 Å². The topological polar surface area (TPSA) is 134 Å². The Morgan fingerprint density at radius 1 is 0.920 bits per heavy atom. The van der Waals surface area contributed by atoms with Crippen molar-refractivity contribution in [2.45, 2.75) is 44.6 Å². The van der Waals surface area contributed by atoms with Crippen molar-refractivity contribution >= 4 is 50.8 Å². The van der Waals surface area contributed by atoms with E-state index in [1.54, 1.807) is 30.0 Å². The Hall–Kier alpha value is -5.07. The molecule has 0 aliphatic carbocycles. The molecule has 262 valence electrons. The number of fused-ring (bicyclic) bond motifs is 1. The lowest BCUT2D eigenvalue weighted by atomic mass is 9.76. The molecule has 1 unspecified atom stereocenters. The lowest BCUT2D eigenvalue weighted by Crippen LogP contribution is -2.42. The second-order valence-corrected chi connectivity index (χ2v) is 13.8. The molecule has 1 aliphatic heterocycles. The number of amides is 4. The van der Waals surface area contributed by atoms with Crippen LogP contribution in [0.15, 0.2) is 89.8 Å². The van der Waals surface area contributed by atoms with Crippen molar-refractivity contribution in [2.24, 2.45) is 0 Å². The summed E-state index contributed by atoms with van der Waals surface area (Å²) < 4.78 is 41.0. The van der Waals surface area contributed by atoms with E-state index in [2.05, 4.69) is 10.6 Å². The summed E-state index contributed by atoms with van der Waals surface area (Å²) in [6, 6.07) is 22.5. The van der Waals surface area contributed by atoms with E-state index in [4.69, 9.17) is 21.1 Å². The quantitative estimate of drug-likeness (QED) is 0.169. The number of hydrogen-bond donors (Lipinski definition) is 2. The predicted octanol–water partition coefficient (Wildman–Crippen LogP) is 6.59. The van der Waals surface area contributed by atoms with Crippen LogP contribution in [0.5, 0.6) is 11.5 Å². The molecule has 0 saturated heterocycles. The molecule has 4 aromatic rings. The first kappa shape index (κ1) is 36.2. The first-order valence-electron chi connectivity index (χ1n) is 16.1. The summed E-state index contributed by atoms with van der Waals surface area (Å²) in [7, 11) is -3.32. The van der Waals surface area contributed by atoms with Crippen molar-refractivity contribution in [3.63, 3.8) is 0 Å². The minimum Gasteiger partial charge on any atom is -0.495 e. The molecule has 4 amide bonds. The molecule has 2 N–H and O–H groups in total. The third kappa shape index (κ3) is 6.73. The zero-order valence-corrected chi connectivity index (χ0v) is 30.0. The largest absolute Gasteiger partial charge is 0.495 e. The number of sulfonamides is 1. The van der Waals surface area contributed by atoms with Crippen LogP contribution < -0.4 is 24.4 Å². The first-order valence-corrected chi connectivity index (χ1v) is 18.0. The predicted molar refractivity (Wildman–Crippen MR) is 193 cm³/mol. The van der Waals surface area contributed by atoms with Gasteiger partial charge in [-0.05, 0) is 87.4 Å². The third-order valence-electron chi connectivity index (χ3n) is 8.70. The second-order valence-electron chi connectivity index (χ2n) is 11.6. The Morgan fingerprint density at radius 3 is 2.30 bits per heavy atom. The van der Waals surface area contributed by atoms with Gasteiger partial charge >= 0.3 is 6.03 Å². The average molecular weight is 719 g/mol. The number of rotatable bonds is 12. The van der Waals surface area contributed by atoms with Gasteiger partial charge in [0.25, 0.3) is 21.8 Å². The van der Waals surface area contributed by atoms with E-state index in [1.165, 1.54) is 43.5 Å². The summed E-state index contributed by atoms with van der Waals surface area (Å²) in [6.45, 7) is 8.66. The minimum absolute atomic E-state index is 0.0775. The number of urea groups is 1. The smallest absolute Gasteiger partial charge is 0.321 e. The standard InChI is InChI=1S/C37H39ClN4O7S/c1-6-41(7-2)36(45)40-26-15-19-33(32(21-26)48-5)50(46,47)42-31-18-16-27(49-8-3)22-29(31)37(4,35(42)44)28-20-25(14-17-30(28)38)34(43)39-23-24-12-10-9-11-13-24/h9-22H,6-8,23H2,1-5H3,(H,39,43)(H,40,45). The van der Waals surface area contributed by atoms with Crippen LogP contribution in [-0.2, 0) is 26.8 Å². The van der Waals surface area contributed by atoms with Crippen LogP contribution in [0.25, 0.3) is 0 Å². The zero-order chi connectivity index (χ0) is 36.2. The van der Waals surface area contributed by atoms with Gasteiger partial charge in [-0.3, -0.25) is 9.59 Å². The van der Waals surface area contributed by atoms with Crippen LogP contribution in [0.1, 0.15) is 54.7 Å². The number of hydrogen-bond acceptors (Lipinski definition) is 7. The number of anilines is 2. The van der Waals surface area contributed by atoms with E-state index < -0.39 is 27.3 Å². The summed E-state index contributed by atoms with van der Waals surface area (Å²) in [4.78, 5) is 42.0. The van der Waals surface area contributed by atoms with Gasteiger partial charge in [0.2, 0.25) is 0 Å². The summed E-state index contributed by atoms with van der Waals surface area (Å²) in [5, 5.41) is 5.80. The number of ether oxygens (including phenoxy) is 2. The van der Waals surface area contributed by atoms with E-state index in [0.717, 1.165) is 9.87 Å². The number of nitrogens with zero attached hydrogens (tertiary/aromatic N) is 2. The number of carbonyl (C=O) groups excluding carboxylic acids is 3. The van der Waals surface area contributed by atoms with E-state index in [0.29, 0.717) is 36.7 Å². The molecular weight excluding hydrogens is 680 g/mol. The highest BCUT2D eigenvalue weighted by Gasteiger charge is 2.54. The molecule has 1 atom stereocenters. The molecule has 0 radical (unpaired) electrons. The van der Waals surface area contributed by atoms with Gasteiger partial charge in [0.1, 0.15) is 21.8 Å². The molecule has 4 aromatic carbocycles. The molecule has 1 heterocycles. The van der Waals surface area contributed by atoms with Crippen molar-refractivity contribution in [3.05, 3.63) is 112 Å².